The molecule has 0 bridgehead atoms. The Morgan fingerprint density at radius 1 is 1.35 bits per heavy atom. The average Bonchev–Trinajstić information content (AvgIpc) is 2.85. The van der Waals surface area contributed by atoms with E-state index in [4.69, 9.17) is 5.26 Å². The minimum atomic E-state index is 0.668. The van der Waals surface area contributed by atoms with Crippen molar-refractivity contribution >= 4 is 0 Å². The SMILES string of the molecule is CCNCc1ncc(-c2ccc(C#N)cc2)[nH]1. The van der Waals surface area contributed by atoms with Crippen LogP contribution in [0.1, 0.15) is 18.3 Å². The fourth-order valence-corrected chi connectivity index (χ4v) is 1.57. The summed E-state index contributed by atoms with van der Waals surface area (Å²) < 4.78 is 0. The van der Waals surface area contributed by atoms with Crippen LogP contribution < -0.4 is 5.32 Å². The maximum absolute atomic E-state index is 8.72. The molecule has 2 N–H and O–H groups in total. The van der Waals surface area contributed by atoms with Crippen molar-refractivity contribution in [2.75, 3.05) is 6.54 Å². The quantitative estimate of drug-likeness (QED) is 0.838. The Labute approximate surface area is 100 Å². The zero-order valence-corrected chi connectivity index (χ0v) is 9.70. The van der Waals surface area contributed by atoms with Crippen molar-refractivity contribution in [3.05, 3.63) is 41.9 Å². The topological polar surface area (TPSA) is 64.5 Å². The molecule has 1 aromatic heterocycles. The van der Waals surface area contributed by atoms with E-state index in [1.807, 2.05) is 18.3 Å². The summed E-state index contributed by atoms with van der Waals surface area (Å²) in [6.07, 6.45) is 1.81. The van der Waals surface area contributed by atoms with Crippen LogP contribution in [0.4, 0.5) is 0 Å². The summed E-state index contributed by atoms with van der Waals surface area (Å²) in [5, 5.41) is 11.9. The van der Waals surface area contributed by atoms with Gasteiger partial charge in [-0.2, -0.15) is 5.26 Å². The van der Waals surface area contributed by atoms with Gasteiger partial charge in [-0.3, -0.25) is 0 Å². The minimum absolute atomic E-state index is 0.668. The highest BCUT2D eigenvalue weighted by molar-refractivity contribution is 5.59. The third kappa shape index (κ3) is 2.71. The fraction of sp³-hybridized carbons (Fsp3) is 0.231. The third-order valence-electron chi connectivity index (χ3n) is 2.50. The molecular formula is C13H14N4. The Bertz CT molecular complexity index is 519. The molecule has 1 heterocycles. The number of H-pyrrole nitrogens is 1. The summed E-state index contributed by atoms with van der Waals surface area (Å²) in [5.74, 6) is 0.922. The van der Waals surface area contributed by atoms with E-state index in [0.29, 0.717) is 5.56 Å². The second-order valence-corrected chi connectivity index (χ2v) is 3.71. The molecule has 0 aliphatic heterocycles. The first-order valence-electron chi connectivity index (χ1n) is 5.58. The number of hydrogen-bond donors (Lipinski definition) is 2. The number of nitrogens with one attached hydrogen (secondary N) is 2. The van der Waals surface area contributed by atoms with Gasteiger partial charge in [0.05, 0.1) is 30.1 Å². The van der Waals surface area contributed by atoms with Gasteiger partial charge < -0.3 is 10.3 Å². The van der Waals surface area contributed by atoms with E-state index >= 15 is 0 Å². The molecular weight excluding hydrogens is 212 g/mol. The van der Waals surface area contributed by atoms with Gasteiger partial charge in [0.15, 0.2) is 0 Å². The molecule has 0 radical (unpaired) electrons. The predicted octanol–water partition coefficient (Wildman–Crippen LogP) is 2.06. The smallest absolute Gasteiger partial charge is 0.120 e. The summed E-state index contributed by atoms with van der Waals surface area (Å²) in [7, 11) is 0. The van der Waals surface area contributed by atoms with E-state index in [2.05, 4.69) is 28.3 Å². The molecule has 2 aromatic rings. The highest BCUT2D eigenvalue weighted by Gasteiger charge is 2.02. The first kappa shape index (κ1) is 11.4. The molecule has 2 rings (SSSR count). The van der Waals surface area contributed by atoms with Crippen LogP contribution in [-0.4, -0.2) is 16.5 Å². The van der Waals surface area contributed by atoms with Crippen molar-refractivity contribution < 1.29 is 0 Å². The van der Waals surface area contributed by atoms with E-state index in [0.717, 1.165) is 30.2 Å². The molecule has 0 aliphatic carbocycles. The van der Waals surface area contributed by atoms with Crippen molar-refractivity contribution in [2.45, 2.75) is 13.5 Å². The van der Waals surface area contributed by atoms with Gasteiger partial charge in [-0.1, -0.05) is 19.1 Å². The van der Waals surface area contributed by atoms with Crippen LogP contribution in [-0.2, 0) is 6.54 Å². The summed E-state index contributed by atoms with van der Waals surface area (Å²) in [6.45, 7) is 3.73. The van der Waals surface area contributed by atoms with Gasteiger partial charge in [0, 0.05) is 0 Å². The van der Waals surface area contributed by atoms with E-state index in [1.54, 1.807) is 12.1 Å². The molecule has 0 atom stereocenters. The standard InChI is InChI=1S/C13H14N4/c1-2-15-9-13-16-8-12(17-13)11-5-3-10(7-14)4-6-11/h3-6,8,15H,2,9H2,1H3,(H,16,17). The summed E-state index contributed by atoms with van der Waals surface area (Å²) in [6, 6.07) is 9.55. The van der Waals surface area contributed by atoms with Crippen LogP contribution in [0.5, 0.6) is 0 Å². The zero-order valence-electron chi connectivity index (χ0n) is 9.70. The number of aromatic nitrogens is 2. The lowest BCUT2D eigenvalue weighted by molar-refractivity contribution is 0.698. The average molecular weight is 226 g/mol. The fourth-order valence-electron chi connectivity index (χ4n) is 1.57. The summed E-state index contributed by atoms with van der Waals surface area (Å²) >= 11 is 0. The number of rotatable bonds is 4. The van der Waals surface area contributed by atoms with Crippen LogP contribution in [0, 0.1) is 11.3 Å². The monoisotopic (exact) mass is 226 g/mol. The Morgan fingerprint density at radius 3 is 2.76 bits per heavy atom. The van der Waals surface area contributed by atoms with Crippen LogP contribution in [0.15, 0.2) is 30.5 Å². The normalized spacial score (nSPS) is 10.1. The first-order chi connectivity index (χ1) is 8.33. The van der Waals surface area contributed by atoms with Crippen LogP contribution in [0.2, 0.25) is 0 Å². The Balaban J connectivity index is 2.16. The minimum Gasteiger partial charge on any atom is -0.341 e. The number of hydrogen-bond acceptors (Lipinski definition) is 3. The second-order valence-electron chi connectivity index (χ2n) is 3.71. The lowest BCUT2D eigenvalue weighted by Gasteiger charge is -1.98. The van der Waals surface area contributed by atoms with E-state index in [-0.39, 0.29) is 0 Å². The van der Waals surface area contributed by atoms with Crippen LogP contribution in [0.3, 0.4) is 0 Å². The molecule has 0 aliphatic rings. The van der Waals surface area contributed by atoms with Crippen molar-refractivity contribution in [3.8, 4) is 17.3 Å². The molecule has 0 spiro atoms. The summed E-state index contributed by atoms with van der Waals surface area (Å²) in [4.78, 5) is 7.53. The molecule has 86 valence electrons. The maximum Gasteiger partial charge on any atom is 0.120 e. The van der Waals surface area contributed by atoms with Gasteiger partial charge in [-0.25, -0.2) is 4.98 Å². The largest absolute Gasteiger partial charge is 0.341 e. The van der Waals surface area contributed by atoms with Gasteiger partial charge in [-0.05, 0) is 24.2 Å². The molecule has 0 saturated heterocycles. The van der Waals surface area contributed by atoms with Crippen LogP contribution in [0.25, 0.3) is 11.3 Å². The Kier molecular flexibility index (Phi) is 3.53. The number of nitriles is 1. The van der Waals surface area contributed by atoms with E-state index < -0.39 is 0 Å². The highest BCUT2D eigenvalue weighted by atomic mass is 15.0. The van der Waals surface area contributed by atoms with Crippen molar-refractivity contribution in [3.63, 3.8) is 0 Å². The molecule has 0 fully saturated rings. The third-order valence-corrected chi connectivity index (χ3v) is 2.50. The van der Waals surface area contributed by atoms with Gasteiger partial charge in [-0.15, -0.1) is 0 Å². The zero-order chi connectivity index (χ0) is 12.1. The Morgan fingerprint density at radius 2 is 2.12 bits per heavy atom. The number of benzene rings is 1. The molecule has 1 aromatic carbocycles. The van der Waals surface area contributed by atoms with Crippen molar-refractivity contribution in [1.29, 1.82) is 5.26 Å². The molecule has 0 saturated carbocycles. The molecule has 0 amide bonds. The lowest BCUT2D eigenvalue weighted by atomic mass is 10.1. The first-order valence-corrected chi connectivity index (χ1v) is 5.58. The van der Waals surface area contributed by atoms with Gasteiger partial charge in [0.25, 0.3) is 0 Å². The second kappa shape index (κ2) is 5.28. The summed E-state index contributed by atoms with van der Waals surface area (Å²) in [5.41, 5.74) is 2.68. The van der Waals surface area contributed by atoms with Crippen molar-refractivity contribution in [2.24, 2.45) is 0 Å². The maximum atomic E-state index is 8.72. The van der Waals surface area contributed by atoms with Gasteiger partial charge in [0.2, 0.25) is 0 Å². The van der Waals surface area contributed by atoms with Crippen LogP contribution >= 0.6 is 0 Å². The Hall–Kier alpha value is -2.12. The molecule has 0 unspecified atom stereocenters. The van der Waals surface area contributed by atoms with Gasteiger partial charge >= 0.3 is 0 Å². The number of imidazole rings is 1. The van der Waals surface area contributed by atoms with Crippen molar-refractivity contribution in [1.82, 2.24) is 15.3 Å². The lowest BCUT2D eigenvalue weighted by Crippen LogP contribution is -2.12. The van der Waals surface area contributed by atoms with E-state index in [9.17, 15) is 0 Å². The van der Waals surface area contributed by atoms with Gasteiger partial charge in [0.1, 0.15) is 5.82 Å². The number of nitrogens with zero attached hydrogens (tertiary/aromatic N) is 2. The number of aromatic amines is 1. The van der Waals surface area contributed by atoms with E-state index in [1.165, 1.54) is 0 Å². The highest BCUT2D eigenvalue weighted by Crippen LogP contribution is 2.17. The molecule has 4 nitrogen and oxygen atoms in total. The predicted molar refractivity (Wildman–Crippen MR) is 66.1 cm³/mol. The molecule has 17 heavy (non-hydrogen) atoms. The molecule has 4 heteroatoms.